The molecule has 1 heterocycles. The van der Waals surface area contributed by atoms with E-state index in [0.29, 0.717) is 6.54 Å². The minimum atomic E-state index is -3.77. The number of hydrogen-bond donors (Lipinski definition) is 2. The number of carbonyl (C=O) groups is 1. The summed E-state index contributed by atoms with van der Waals surface area (Å²) in [5.41, 5.74) is 2.05. The quantitative estimate of drug-likeness (QED) is 0.644. The Balaban J connectivity index is 1.71. The molecule has 0 saturated heterocycles. The number of nitrogens with zero attached hydrogens (tertiary/aromatic N) is 1. The number of nitrogens with one attached hydrogen (secondary N) is 2. The van der Waals surface area contributed by atoms with Crippen LogP contribution in [0.25, 0.3) is 0 Å². The first-order valence-electron chi connectivity index (χ1n) is 8.80. The van der Waals surface area contributed by atoms with Crippen molar-refractivity contribution in [3.05, 3.63) is 95.8 Å². The van der Waals surface area contributed by atoms with Crippen molar-refractivity contribution in [2.24, 2.45) is 0 Å². The predicted molar refractivity (Wildman–Crippen MR) is 107 cm³/mol. The van der Waals surface area contributed by atoms with Crippen LogP contribution in [0, 0.1) is 0 Å². The first-order chi connectivity index (χ1) is 13.5. The van der Waals surface area contributed by atoms with Crippen molar-refractivity contribution in [3.63, 3.8) is 0 Å². The zero-order valence-electron chi connectivity index (χ0n) is 15.4. The van der Waals surface area contributed by atoms with E-state index in [4.69, 9.17) is 0 Å². The third-order valence-corrected chi connectivity index (χ3v) is 5.78. The third kappa shape index (κ3) is 5.03. The molecule has 0 fully saturated rings. The van der Waals surface area contributed by atoms with Crippen molar-refractivity contribution in [3.8, 4) is 0 Å². The van der Waals surface area contributed by atoms with Gasteiger partial charge in [-0.1, -0.05) is 36.4 Å². The van der Waals surface area contributed by atoms with Crippen LogP contribution in [0.1, 0.15) is 34.5 Å². The number of aromatic nitrogens is 1. The molecular weight excluding hydrogens is 374 g/mol. The number of benzene rings is 2. The standard InChI is InChI=1S/C21H21N3O3S/c1-16(18-6-3-2-4-7-18)24-28(26,27)20-9-5-8-19(14-20)21(25)23-15-17-10-12-22-13-11-17/h2-14,16,24H,15H2,1H3,(H,23,25)/t16-/m1/s1. The molecule has 1 amide bonds. The molecule has 1 atom stereocenters. The maximum Gasteiger partial charge on any atom is 0.251 e. The molecule has 3 aromatic rings. The van der Waals surface area contributed by atoms with Crippen LogP contribution < -0.4 is 10.0 Å². The van der Waals surface area contributed by atoms with Crippen LogP contribution in [0.5, 0.6) is 0 Å². The number of sulfonamides is 1. The van der Waals surface area contributed by atoms with Crippen LogP contribution in [0.3, 0.4) is 0 Å². The number of rotatable bonds is 7. The highest BCUT2D eigenvalue weighted by molar-refractivity contribution is 7.89. The van der Waals surface area contributed by atoms with Gasteiger partial charge in [-0.05, 0) is 48.4 Å². The molecule has 0 spiro atoms. The van der Waals surface area contributed by atoms with Crippen molar-refractivity contribution in [2.75, 3.05) is 0 Å². The summed E-state index contributed by atoms with van der Waals surface area (Å²) in [7, 11) is -3.77. The molecule has 0 unspecified atom stereocenters. The highest BCUT2D eigenvalue weighted by Gasteiger charge is 2.19. The maximum atomic E-state index is 12.7. The lowest BCUT2D eigenvalue weighted by Crippen LogP contribution is -2.27. The lowest BCUT2D eigenvalue weighted by Gasteiger charge is -2.15. The number of carbonyl (C=O) groups excluding carboxylic acids is 1. The monoisotopic (exact) mass is 395 g/mol. The van der Waals surface area contributed by atoms with Crippen LogP contribution in [-0.2, 0) is 16.6 Å². The Hall–Kier alpha value is -3.03. The first-order valence-corrected chi connectivity index (χ1v) is 10.3. The molecule has 0 aliphatic heterocycles. The van der Waals surface area contributed by atoms with Crippen molar-refractivity contribution < 1.29 is 13.2 Å². The van der Waals surface area contributed by atoms with E-state index in [0.717, 1.165) is 11.1 Å². The number of hydrogen-bond acceptors (Lipinski definition) is 4. The summed E-state index contributed by atoms with van der Waals surface area (Å²) in [5, 5.41) is 2.78. The summed E-state index contributed by atoms with van der Waals surface area (Å²) in [6.45, 7) is 2.11. The lowest BCUT2D eigenvalue weighted by molar-refractivity contribution is 0.0950. The Bertz CT molecular complexity index is 1040. The first kappa shape index (κ1) is 19.7. The largest absolute Gasteiger partial charge is 0.348 e. The van der Waals surface area contributed by atoms with E-state index in [1.54, 1.807) is 43.6 Å². The van der Waals surface area contributed by atoms with Crippen molar-refractivity contribution in [2.45, 2.75) is 24.4 Å². The van der Waals surface area contributed by atoms with E-state index < -0.39 is 16.1 Å². The van der Waals surface area contributed by atoms with Gasteiger partial charge in [0.05, 0.1) is 4.90 Å². The Morgan fingerprint density at radius 3 is 2.43 bits per heavy atom. The average Bonchev–Trinajstić information content (AvgIpc) is 2.73. The van der Waals surface area contributed by atoms with Gasteiger partial charge in [0.1, 0.15) is 0 Å². The topological polar surface area (TPSA) is 88.2 Å². The number of amides is 1. The Kier molecular flexibility index (Phi) is 6.18. The summed E-state index contributed by atoms with van der Waals surface area (Å²) in [4.78, 5) is 16.4. The van der Waals surface area contributed by atoms with E-state index in [9.17, 15) is 13.2 Å². The highest BCUT2D eigenvalue weighted by Crippen LogP contribution is 2.17. The van der Waals surface area contributed by atoms with E-state index in [1.807, 2.05) is 30.3 Å². The molecule has 6 nitrogen and oxygen atoms in total. The van der Waals surface area contributed by atoms with Crippen molar-refractivity contribution in [1.29, 1.82) is 0 Å². The van der Waals surface area contributed by atoms with Gasteiger partial charge in [-0.15, -0.1) is 0 Å². The molecule has 2 N–H and O–H groups in total. The van der Waals surface area contributed by atoms with Gasteiger partial charge in [0.15, 0.2) is 0 Å². The van der Waals surface area contributed by atoms with Crippen LogP contribution in [0.4, 0.5) is 0 Å². The van der Waals surface area contributed by atoms with Crippen LogP contribution in [0.15, 0.2) is 84.0 Å². The van der Waals surface area contributed by atoms with Crippen molar-refractivity contribution >= 4 is 15.9 Å². The summed E-state index contributed by atoms with van der Waals surface area (Å²) < 4.78 is 28.1. The molecule has 2 aromatic carbocycles. The fourth-order valence-corrected chi connectivity index (χ4v) is 3.98. The van der Waals surface area contributed by atoms with Crippen LogP contribution in [0.2, 0.25) is 0 Å². The Morgan fingerprint density at radius 2 is 1.71 bits per heavy atom. The van der Waals surface area contributed by atoms with Gasteiger partial charge < -0.3 is 5.32 Å². The van der Waals surface area contributed by atoms with Gasteiger partial charge >= 0.3 is 0 Å². The Labute approximate surface area is 164 Å². The van der Waals surface area contributed by atoms with Gasteiger partial charge in [0, 0.05) is 30.5 Å². The second-order valence-corrected chi connectivity index (χ2v) is 8.03. The van der Waals surface area contributed by atoms with Crippen molar-refractivity contribution in [1.82, 2.24) is 15.0 Å². The molecule has 0 radical (unpaired) electrons. The summed E-state index contributed by atoms with van der Waals surface area (Å²) >= 11 is 0. The maximum absolute atomic E-state index is 12.7. The lowest BCUT2D eigenvalue weighted by atomic mass is 10.1. The van der Waals surface area contributed by atoms with Crippen LogP contribution >= 0.6 is 0 Å². The molecule has 28 heavy (non-hydrogen) atoms. The van der Waals surface area contributed by atoms with E-state index in [-0.39, 0.29) is 16.4 Å². The van der Waals surface area contributed by atoms with Crippen LogP contribution in [-0.4, -0.2) is 19.3 Å². The normalized spacial score (nSPS) is 12.3. The van der Waals surface area contributed by atoms with Gasteiger partial charge in [0.2, 0.25) is 10.0 Å². The molecule has 0 aliphatic carbocycles. The molecule has 3 rings (SSSR count). The molecule has 0 saturated carbocycles. The fraction of sp³-hybridized carbons (Fsp3) is 0.143. The van der Waals surface area contributed by atoms with Gasteiger partial charge in [-0.3, -0.25) is 9.78 Å². The SMILES string of the molecule is C[C@@H](NS(=O)(=O)c1cccc(C(=O)NCc2ccncc2)c1)c1ccccc1. The van der Waals surface area contributed by atoms with E-state index in [2.05, 4.69) is 15.0 Å². The molecular formula is C21H21N3O3S. The number of pyridine rings is 1. The molecule has 144 valence electrons. The smallest absolute Gasteiger partial charge is 0.251 e. The van der Waals surface area contributed by atoms with Gasteiger partial charge in [-0.2, -0.15) is 0 Å². The molecule has 0 aliphatic rings. The van der Waals surface area contributed by atoms with Gasteiger partial charge in [0.25, 0.3) is 5.91 Å². The zero-order valence-corrected chi connectivity index (χ0v) is 16.2. The molecule has 7 heteroatoms. The van der Waals surface area contributed by atoms with E-state index in [1.165, 1.54) is 12.1 Å². The second-order valence-electron chi connectivity index (χ2n) is 6.32. The minimum absolute atomic E-state index is 0.0480. The summed E-state index contributed by atoms with van der Waals surface area (Å²) in [5.74, 6) is -0.343. The molecule has 0 bridgehead atoms. The third-order valence-electron chi connectivity index (χ3n) is 4.24. The van der Waals surface area contributed by atoms with Gasteiger partial charge in [-0.25, -0.2) is 13.1 Å². The molecule has 1 aromatic heterocycles. The fourth-order valence-electron chi connectivity index (χ4n) is 2.70. The summed E-state index contributed by atoms with van der Waals surface area (Å²) in [6.07, 6.45) is 3.29. The zero-order chi connectivity index (χ0) is 20.0. The van der Waals surface area contributed by atoms with E-state index >= 15 is 0 Å². The average molecular weight is 395 g/mol. The predicted octanol–water partition coefficient (Wildman–Crippen LogP) is 3.05. The summed E-state index contributed by atoms with van der Waals surface area (Å²) in [6, 6.07) is 18.5. The Morgan fingerprint density at radius 1 is 1.00 bits per heavy atom. The minimum Gasteiger partial charge on any atom is -0.348 e. The second kappa shape index (κ2) is 8.77. The highest BCUT2D eigenvalue weighted by atomic mass is 32.2.